The van der Waals surface area contributed by atoms with Gasteiger partial charge >= 0.3 is 0 Å². The van der Waals surface area contributed by atoms with Crippen molar-refractivity contribution in [2.45, 2.75) is 33.1 Å². The molecule has 0 radical (unpaired) electrons. The van der Waals surface area contributed by atoms with E-state index < -0.39 is 5.56 Å². The van der Waals surface area contributed by atoms with Crippen molar-refractivity contribution < 1.29 is 5.11 Å². The minimum absolute atomic E-state index is 0.0562. The molecular weight excluding hydrogens is 316 g/mol. The molecule has 130 valence electrons. The lowest BCUT2D eigenvalue weighted by molar-refractivity contribution is 0.279. The smallest absolute Gasteiger partial charge is 0.271 e. The van der Waals surface area contributed by atoms with Crippen molar-refractivity contribution in [3.05, 3.63) is 51.6 Å². The monoisotopic (exact) mass is 338 g/mol. The van der Waals surface area contributed by atoms with Gasteiger partial charge in [0.2, 0.25) is 0 Å². The number of aromatic amines is 1. The number of piperidine rings is 1. The van der Waals surface area contributed by atoms with Crippen molar-refractivity contribution in [3.8, 4) is 11.8 Å². The molecule has 6 heteroatoms. The van der Waals surface area contributed by atoms with E-state index in [1.165, 1.54) is 0 Å². The Morgan fingerprint density at radius 3 is 2.64 bits per heavy atom. The van der Waals surface area contributed by atoms with E-state index in [-0.39, 0.29) is 16.7 Å². The van der Waals surface area contributed by atoms with Gasteiger partial charge in [-0.25, -0.2) is 4.98 Å². The van der Waals surface area contributed by atoms with Crippen molar-refractivity contribution >= 4 is 5.82 Å². The second-order valence-corrected chi connectivity index (χ2v) is 7.28. The van der Waals surface area contributed by atoms with Crippen molar-refractivity contribution in [2.24, 2.45) is 5.41 Å². The molecule has 0 spiro atoms. The average Bonchev–Trinajstić information content (AvgIpc) is 2.56. The number of para-hydroxylation sites is 1. The standard InChI is InChI=1S/C19H22N4O2/c1-19(2)7-9-23(10-8-19)17-14(12-20)18(25)22-16(21-17)11-13-5-3-4-6-15(13)24/h3-6,24H,7-11H2,1-2H3,(H,21,22,25). The fourth-order valence-electron chi connectivity index (χ4n) is 3.08. The van der Waals surface area contributed by atoms with Crippen LogP contribution in [0.4, 0.5) is 5.82 Å². The summed E-state index contributed by atoms with van der Waals surface area (Å²) in [5, 5.41) is 19.3. The summed E-state index contributed by atoms with van der Waals surface area (Å²) >= 11 is 0. The molecular formula is C19H22N4O2. The molecule has 1 fully saturated rings. The minimum atomic E-state index is -0.428. The normalized spacial score (nSPS) is 16.4. The molecule has 1 aromatic heterocycles. The first kappa shape index (κ1) is 17.0. The van der Waals surface area contributed by atoms with Crippen LogP contribution in [-0.4, -0.2) is 28.2 Å². The quantitative estimate of drug-likeness (QED) is 0.897. The van der Waals surface area contributed by atoms with Gasteiger partial charge in [0.1, 0.15) is 17.6 Å². The Bertz CT molecular complexity index is 870. The predicted molar refractivity (Wildman–Crippen MR) is 95.7 cm³/mol. The lowest BCUT2D eigenvalue weighted by atomic mass is 9.82. The van der Waals surface area contributed by atoms with Crippen LogP contribution in [0.15, 0.2) is 29.1 Å². The maximum absolute atomic E-state index is 12.3. The minimum Gasteiger partial charge on any atom is -0.508 e. The van der Waals surface area contributed by atoms with Crippen LogP contribution in [0.3, 0.4) is 0 Å². The number of hydrogen-bond donors (Lipinski definition) is 2. The van der Waals surface area contributed by atoms with E-state index in [0.717, 1.165) is 25.9 Å². The molecule has 0 saturated carbocycles. The van der Waals surface area contributed by atoms with Gasteiger partial charge in [0.05, 0.1) is 0 Å². The zero-order valence-corrected chi connectivity index (χ0v) is 14.5. The van der Waals surface area contributed by atoms with Gasteiger partial charge in [-0.05, 0) is 24.3 Å². The molecule has 1 aliphatic rings. The molecule has 1 aliphatic heterocycles. The number of hydrogen-bond acceptors (Lipinski definition) is 5. The van der Waals surface area contributed by atoms with Gasteiger partial charge in [0.25, 0.3) is 5.56 Å². The highest BCUT2D eigenvalue weighted by Gasteiger charge is 2.28. The summed E-state index contributed by atoms with van der Waals surface area (Å²) in [6, 6.07) is 8.95. The first-order valence-electron chi connectivity index (χ1n) is 8.45. The zero-order chi connectivity index (χ0) is 18.0. The predicted octanol–water partition coefficient (Wildman–Crippen LogP) is 2.56. The molecule has 0 unspecified atom stereocenters. The number of H-pyrrole nitrogens is 1. The number of phenolic OH excluding ortho intramolecular Hbond substituents is 1. The van der Waals surface area contributed by atoms with Crippen molar-refractivity contribution in [3.63, 3.8) is 0 Å². The molecule has 2 aromatic rings. The van der Waals surface area contributed by atoms with E-state index in [9.17, 15) is 15.2 Å². The van der Waals surface area contributed by atoms with Crippen LogP contribution in [-0.2, 0) is 6.42 Å². The maximum Gasteiger partial charge on any atom is 0.271 e. The van der Waals surface area contributed by atoms with Crippen LogP contribution in [0.25, 0.3) is 0 Å². The number of anilines is 1. The summed E-state index contributed by atoms with van der Waals surface area (Å²) in [6.07, 6.45) is 2.28. The van der Waals surface area contributed by atoms with E-state index in [2.05, 4.69) is 23.8 Å². The zero-order valence-electron chi connectivity index (χ0n) is 14.5. The Hall–Kier alpha value is -2.81. The summed E-state index contributed by atoms with van der Waals surface area (Å²) in [5.74, 6) is 1.06. The number of benzene rings is 1. The molecule has 2 N–H and O–H groups in total. The van der Waals surface area contributed by atoms with Crippen LogP contribution in [0.1, 0.15) is 43.6 Å². The Morgan fingerprint density at radius 1 is 1.32 bits per heavy atom. The summed E-state index contributed by atoms with van der Waals surface area (Å²) in [5.41, 5.74) is 0.577. The highest BCUT2D eigenvalue weighted by molar-refractivity contribution is 5.53. The lowest BCUT2D eigenvalue weighted by Crippen LogP contribution is -2.39. The SMILES string of the molecule is CC1(C)CCN(c2nc(Cc3ccccc3O)[nH]c(=O)c2C#N)CC1. The van der Waals surface area contributed by atoms with Gasteiger partial charge in [-0.15, -0.1) is 0 Å². The van der Waals surface area contributed by atoms with Gasteiger partial charge in [0, 0.05) is 25.1 Å². The molecule has 0 atom stereocenters. The Labute approximate surface area is 146 Å². The van der Waals surface area contributed by atoms with Crippen LogP contribution in [0.2, 0.25) is 0 Å². The van der Waals surface area contributed by atoms with Crippen LogP contribution >= 0.6 is 0 Å². The van der Waals surface area contributed by atoms with E-state index in [1.807, 2.05) is 17.0 Å². The molecule has 0 aliphatic carbocycles. The second kappa shape index (κ2) is 6.60. The van der Waals surface area contributed by atoms with Gasteiger partial charge < -0.3 is 15.0 Å². The number of nitrogens with one attached hydrogen (secondary N) is 1. The third kappa shape index (κ3) is 3.66. The number of aromatic nitrogens is 2. The maximum atomic E-state index is 12.3. The third-order valence-electron chi connectivity index (χ3n) is 4.83. The number of nitriles is 1. The first-order valence-corrected chi connectivity index (χ1v) is 8.45. The topological polar surface area (TPSA) is 93.0 Å². The number of aromatic hydroxyl groups is 1. The highest BCUT2D eigenvalue weighted by Crippen LogP contribution is 2.32. The summed E-state index contributed by atoms with van der Waals surface area (Å²) in [4.78, 5) is 21.6. The second-order valence-electron chi connectivity index (χ2n) is 7.28. The molecule has 3 rings (SSSR count). The van der Waals surface area contributed by atoms with Crippen molar-refractivity contribution in [1.29, 1.82) is 5.26 Å². The summed E-state index contributed by atoms with van der Waals surface area (Å²) < 4.78 is 0. The van der Waals surface area contributed by atoms with E-state index in [1.54, 1.807) is 18.2 Å². The van der Waals surface area contributed by atoms with E-state index in [4.69, 9.17) is 0 Å². The Balaban J connectivity index is 1.95. The molecule has 25 heavy (non-hydrogen) atoms. The number of phenols is 1. The number of nitrogens with zero attached hydrogens (tertiary/aromatic N) is 3. The third-order valence-corrected chi connectivity index (χ3v) is 4.83. The van der Waals surface area contributed by atoms with Crippen LogP contribution in [0, 0.1) is 16.7 Å². The molecule has 1 saturated heterocycles. The lowest BCUT2D eigenvalue weighted by Gasteiger charge is -2.37. The molecule has 0 amide bonds. The van der Waals surface area contributed by atoms with Crippen molar-refractivity contribution in [2.75, 3.05) is 18.0 Å². The van der Waals surface area contributed by atoms with Gasteiger partial charge in [-0.2, -0.15) is 5.26 Å². The Kier molecular flexibility index (Phi) is 4.49. The van der Waals surface area contributed by atoms with E-state index >= 15 is 0 Å². The highest BCUT2D eigenvalue weighted by atomic mass is 16.3. The van der Waals surface area contributed by atoms with Crippen LogP contribution < -0.4 is 10.5 Å². The fourth-order valence-corrected chi connectivity index (χ4v) is 3.08. The first-order chi connectivity index (χ1) is 11.9. The molecule has 6 nitrogen and oxygen atoms in total. The van der Waals surface area contributed by atoms with Gasteiger partial charge in [0.15, 0.2) is 11.4 Å². The van der Waals surface area contributed by atoms with Crippen LogP contribution in [0.5, 0.6) is 5.75 Å². The fraction of sp³-hybridized carbons (Fsp3) is 0.421. The summed E-state index contributed by atoms with van der Waals surface area (Å²) in [7, 11) is 0. The largest absolute Gasteiger partial charge is 0.508 e. The van der Waals surface area contributed by atoms with Gasteiger partial charge in [-0.3, -0.25) is 4.79 Å². The van der Waals surface area contributed by atoms with Crippen molar-refractivity contribution in [1.82, 2.24) is 9.97 Å². The summed E-state index contributed by atoms with van der Waals surface area (Å²) in [6.45, 7) is 6.00. The Morgan fingerprint density at radius 2 is 2.00 bits per heavy atom. The average molecular weight is 338 g/mol. The molecule has 2 heterocycles. The molecule has 0 bridgehead atoms. The molecule has 1 aromatic carbocycles. The van der Waals surface area contributed by atoms with Gasteiger partial charge in [-0.1, -0.05) is 32.0 Å². The van der Waals surface area contributed by atoms with E-state index in [0.29, 0.717) is 23.6 Å². The number of rotatable bonds is 3.